The molecular formula is C34H41Cl2N3O8S. The molecule has 0 aliphatic heterocycles. The predicted octanol–water partition coefficient (Wildman–Crippen LogP) is 6.09. The van der Waals surface area contributed by atoms with Crippen molar-refractivity contribution in [2.45, 2.75) is 62.6 Å². The summed E-state index contributed by atoms with van der Waals surface area (Å²) in [5.41, 5.74) is 0.663. The van der Waals surface area contributed by atoms with Crippen LogP contribution < -0.4 is 28.6 Å². The third-order valence-corrected chi connectivity index (χ3v) is 10.8. The lowest BCUT2D eigenvalue weighted by atomic mass is 10.1. The molecule has 0 spiro atoms. The third kappa shape index (κ3) is 8.40. The van der Waals surface area contributed by atoms with Gasteiger partial charge in [0, 0.05) is 24.7 Å². The van der Waals surface area contributed by atoms with Crippen LogP contribution >= 0.6 is 23.2 Å². The quantitative estimate of drug-likeness (QED) is 0.200. The van der Waals surface area contributed by atoms with Gasteiger partial charge in [0.15, 0.2) is 11.5 Å². The number of nitrogens with one attached hydrogen (secondary N) is 1. The van der Waals surface area contributed by atoms with Crippen molar-refractivity contribution in [3.8, 4) is 23.0 Å². The largest absolute Gasteiger partial charge is 0.497 e. The van der Waals surface area contributed by atoms with Gasteiger partial charge in [-0.3, -0.25) is 13.9 Å². The standard InChI is InChI=1S/C34H41Cl2N3O8S/c1-6-28(34(41)37-23-9-7-8-10-23)38(20-22-11-14-26(35)27(36)17-22)33(40)21-39(29-18-24(44-2)12-15-30(29)45-3)48(42,43)25-13-16-31(46-4)32(19-25)47-5/h11-19,23,28H,6-10,20-21H2,1-5H3,(H,37,41)/t28-/m0/s1. The monoisotopic (exact) mass is 721 g/mol. The molecule has 0 heterocycles. The van der Waals surface area contributed by atoms with Crippen molar-refractivity contribution in [2.75, 3.05) is 39.3 Å². The van der Waals surface area contributed by atoms with E-state index in [-0.39, 0.29) is 52.0 Å². The average molecular weight is 723 g/mol. The minimum absolute atomic E-state index is 0.0106. The highest BCUT2D eigenvalue weighted by molar-refractivity contribution is 7.92. The molecule has 1 saturated carbocycles. The van der Waals surface area contributed by atoms with E-state index in [1.807, 2.05) is 0 Å². The number of methoxy groups -OCH3 is 4. The van der Waals surface area contributed by atoms with Crippen molar-refractivity contribution in [3.63, 3.8) is 0 Å². The molecule has 1 aliphatic rings. The van der Waals surface area contributed by atoms with Crippen molar-refractivity contribution in [1.82, 2.24) is 10.2 Å². The lowest BCUT2D eigenvalue weighted by Gasteiger charge is -2.34. The van der Waals surface area contributed by atoms with E-state index in [1.54, 1.807) is 37.3 Å². The van der Waals surface area contributed by atoms with Gasteiger partial charge in [0.25, 0.3) is 10.0 Å². The van der Waals surface area contributed by atoms with Gasteiger partial charge in [-0.2, -0.15) is 0 Å². The lowest BCUT2D eigenvalue weighted by Crippen LogP contribution is -2.53. The van der Waals surface area contributed by atoms with Crippen LogP contribution in [0.1, 0.15) is 44.6 Å². The molecule has 3 aromatic carbocycles. The van der Waals surface area contributed by atoms with Gasteiger partial charge < -0.3 is 29.2 Å². The maximum absolute atomic E-state index is 14.5. The second kappa shape index (κ2) is 16.5. The van der Waals surface area contributed by atoms with E-state index in [4.69, 9.17) is 42.1 Å². The van der Waals surface area contributed by atoms with E-state index in [0.29, 0.717) is 22.1 Å². The molecule has 1 atom stereocenters. The highest BCUT2D eigenvalue weighted by Crippen LogP contribution is 2.38. The number of halogens is 2. The number of ether oxygens (including phenoxy) is 4. The van der Waals surface area contributed by atoms with Crippen LogP contribution in [0.2, 0.25) is 10.0 Å². The summed E-state index contributed by atoms with van der Waals surface area (Å²) in [4.78, 5) is 29.5. The maximum Gasteiger partial charge on any atom is 0.265 e. The van der Waals surface area contributed by atoms with Crippen molar-refractivity contribution in [3.05, 3.63) is 70.2 Å². The summed E-state index contributed by atoms with van der Waals surface area (Å²) in [6, 6.07) is 12.8. The number of amides is 2. The van der Waals surface area contributed by atoms with Crippen LogP contribution in [0.15, 0.2) is 59.5 Å². The van der Waals surface area contributed by atoms with Crippen LogP contribution in [0.4, 0.5) is 5.69 Å². The van der Waals surface area contributed by atoms with Crippen LogP contribution in [-0.2, 0) is 26.2 Å². The molecule has 0 radical (unpaired) electrons. The fraction of sp³-hybridized carbons (Fsp3) is 0.412. The van der Waals surface area contributed by atoms with Crippen molar-refractivity contribution < 1.29 is 37.0 Å². The zero-order valence-electron chi connectivity index (χ0n) is 27.6. The third-order valence-electron chi connectivity index (χ3n) is 8.30. The van der Waals surface area contributed by atoms with Gasteiger partial charge in [0.05, 0.1) is 49.1 Å². The van der Waals surface area contributed by atoms with E-state index < -0.39 is 28.5 Å². The summed E-state index contributed by atoms with van der Waals surface area (Å²) in [6.45, 7) is 1.08. The van der Waals surface area contributed by atoms with Crippen molar-refractivity contribution >= 4 is 50.7 Å². The summed E-state index contributed by atoms with van der Waals surface area (Å²) in [5, 5.41) is 3.71. The number of carbonyl (C=O) groups is 2. The molecule has 1 fully saturated rings. The van der Waals surface area contributed by atoms with Gasteiger partial charge in [0.2, 0.25) is 11.8 Å². The van der Waals surface area contributed by atoms with Crippen molar-refractivity contribution in [1.29, 1.82) is 0 Å². The second-order valence-corrected chi connectivity index (χ2v) is 13.9. The highest BCUT2D eigenvalue weighted by Gasteiger charge is 2.36. The number of rotatable bonds is 15. The summed E-state index contributed by atoms with van der Waals surface area (Å²) >= 11 is 12.5. The van der Waals surface area contributed by atoms with Gasteiger partial charge >= 0.3 is 0 Å². The average Bonchev–Trinajstić information content (AvgIpc) is 3.60. The normalized spacial score (nSPS) is 13.8. The van der Waals surface area contributed by atoms with Gasteiger partial charge in [-0.05, 0) is 61.2 Å². The molecule has 260 valence electrons. The van der Waals surface area contributed by atoms with E-state index in [0.717, 1.165) is 30.0 Å². The second-order valence-electron chi connectivity index (χ2n) is 11.3. The Hall–Kier alpha value is -3.87. The zero-order valence-corrected chi connectivity index (χ0v) is 30.0. The molecule has 3 aromatic rings. The molecular weight excluding hydrogens is 681 g/mol. The first-order valence-corrected chi connectivity index (χ1v) is 17.7. The molecule has 0 aromatic heterocycles. The topological polar surface area (TPSA) is 124 Å². The minimum atomic E-state index is -4.48. The van der Waals surface area contributed by atoms with E-state index in [2.05, 4.69) is 5.32 Å². The van der Waals surface area contributed by atoms with Crippen LogP contribution in [0.5, 0.6) is 23.0 Å². The summed E-state index contributed by atoms with van der Waals surface area (Å²) in [7, 11) is 1.19. The van der Waals surface area contributed by atoms with Crippen LogP contribution in [0.3, 0.4) is 0 Å². The predicted molar refractivity (Wildman–Crippen MR) is 185 cm³/mol. The minimum Gasteiger partial charge on any atom is -0.497 e. The lowest BCUT2D eigenvalue weighted by molar-refractivity contribution is -0.140. The molecule has 4 rings (SSSR count). The molecule has 0 bridgehead atoms. The number of nitrogens with zero attached hydrogens (tertiary/aromatic N) is 2. The zero-order chi connectivity index (χ0) is 35.0. The van der Waals surface area contributed by atoms with Gasteiger partial charge in [-0.15, -0.1) is 0 Å². The SMILES string of the molecule is CC[C@@H](C(=O)NC1CCCC1)N(Cc1ccc(Cl)c(Cl)c1)C(=O)CN(c1cc(OC)ccc1OC)S(=O)(=O)c1ccc(OC)c(OC)c1. The first kappa shape index (κ1) is 37.0. The summed E-state index contributed by atoms with van der Waals surface area (Å²) in [5.74, 6) is 0.0632. The number of carbonyl (C=O) groups excluding carboxylic acids is 2. The van der Waals surface area contributed by atoms with E-state index in [9.17, 15) is 18.0 Å². The number of sulfonamides is 1. The first-order valence-electron chi connectivity index (χ1n) is 15.5. The van der Waals surface area contributed by atoms with Gasteiger partial charge in [-0.25, -0.2) is 8.42 Å². The van der Waals surface area contributed by atoms with Crippen LogP contribution in [-0.4, -0.2) is 72.2 Å². The maximum atomic E-state index is 14.5. The number of hydrogen-bond acceptors (Lipinski definition) is 8. The van der Waals surface area contributed by atoms with Crippen molar-refractivity contribution in [2.24, 2.45) is 0 Å². The Morgan fingerprint density at radius 1 is 0.854 bits per heavy atom. The molecule has 11 nitrogen and oxygen atoms in total. The Morgan fingerprint density at radius 3 is 2.12 bits per heavy atom. The number of anilines is 1. The molecule has 1 N–H and O–H groups in total. The van der Waals surface area contributed by atoms with Crippen LogP contribution in [0, 0.1) is 0 Å². The molecule has 1 aliphatic carbocycles. The molecule has 14 heteroatoms. The molecule has 0 saturated heterocycles. The smallest absolute Gasteiger partial charge is 0.265 e. The molecule has 0 unspecified atom stereocenters. The summed E-state index contributed by atoms with van der Waals surface area (Å²) in [6.07, 6.45) is 4.01. The van der Waals surface area contributed by atoms with Gasteiger partial charge in [-0.1, -0.05) is 49.0 Å². The van der Waals surface area contributed by atoms with E-state index >= 15 is 0 Å². The number of hydrogen-bond donors (Lipinski definition) is 1. The Balaban J connectivity index is 1.83. The highest BCUT2D eigenvalue weighted by atomic mass is 35.5. The molecule has 2 amide bonds. The van der Waals surface area contributed by atoms with Gasteiger partial charge in [0.1, 0.15) is 24.1 Å². The fourth-order valence-corrected chi connectivity index (χ4v) is 7.48. The Kier molecular flexibility index (Phi) is 12.7. The van der Waals surface area contributed by atoms with Crippen LogP contribution in [0.25, 0.3) is 0 Å². The Labute approximate surface area is 292 Å². The molecule has 48 heavy (non-hydrogen) atoms. The Bertz CT molecular complexity index is 1720. The number of benzene rings is 3. The van der Waals surface area contributed by atoms with E-state index in [1.165, 1.54) is 57.6 Å². The fourth-order valence-electron chi connectivity index (χ4n) is 5.73. The summed E-state index contributed by atoms with van der Waals surface area (Å²) < 4.78 is 51.6. The Morgan fingerprint density at radius 2 is 1.52 bits per heavy atom. The first-order chi connectivity index (χ1) is 23.0.